The zero-order valence-electron chi connectivity index (χ0n) is 32.0. The lowest BCUT2D eigenvalue weighted by Gasteiger charge is -2.62. The number of aliphatic hydroxyl groups is 2. The maximum Gasteiger partial charge on any atom is 0.240 e. The molecule has 1 saturated heterocycles. The molecule has 2 aliphatic heterocycles. The van der Waals surface area contributed by atoms with Crippen molar-refractivity contribution in [3.8, 4) is 11.5 Å². The zero-order valence-corrected chi connectivity index (χ0v) is 32.0. The van der Waals surface area contributed by atoms with E-state index in [1.54, 1.807) is 12.0 Å². The molecule has 5 aliphatic rings. The number of carbonyl (C=O) groups excluding carboxylic acids is 1. The number of likely N-dealkylation sites (N-methyl/N-ethyl adjacent to an activating group) is 1. The highest BCUT2D eigenvalue weighted by atomic mass is 16.7. The van der Waals surface area contributed by atoms with E-state index >= 15 is 0 Å². The number of hydrogen-bond donors (Lipinski definition) is 3. The minimum atomic E-state index is -0.831. The number of amides is 1. The van der Waals surface area contributed by atoms with Crippen LogP contribution in [0.4, 0.5) is 0 Å². The maximum absolute atomic E-state index is 14.2. The molecule has 51 heavy (non-hydrogen) atoms. The molecule has 2 aromatic rings. The van der Waals surface area contributed by atoms with Crippen LogP contribution < -0.4 is 14.8 Å². The molecule has 0 spiro atoms. The van der Waals surface area contributed by atoms with Gasteiger partial charge in [-0.3, -0.25) is 14.5 Å². The van der Waals surface area contributed by atoms with E-state index in [4.69, 9.17) is 14.3 Å². The number of aliphatic hydroxyl groups excluding tert-OH is 2. The third-order valence-corrected chi connectivity index (χ3v) is 12.5. The first-order chi connectivity index (χ1) is 24.3. The standard InChI is InChI=1S/C41H62N4O6/c1-25(2)15-32(22-43(7)8)44(21-30-13-10-14-35-39(30)50-24-49-35)19-28-11-9-12-29(16-28)20-45-38(37(27(4)47)36(23-46)51-45)40(48)42-34-18-31-17-33(26(34)3)41(31,5)6/h9-14,16,25-27,31-34,36-38,46-47H,15,17-24H2,1-8H3,(H,42,48)/t26-,27-,31+,32-,33-,34-,36-,37+,38-/m0/s1. The Balaban J connectivity index is 1.22. The number of ether oxygens (including phenoxy) is 2. The second-order valence-electron chi connectivity index (χ2n) is 17.2. The van der Waals surface area contributed by atoms with Crippen LogP contribution in [0.5, 0.6) is 11.5 Å². The van der Waals surface area contributed by atoms with Gasteiger partial charge < -0.3 is 29.9 Å². The van der Waals surface area contributed by atoms with Gasteiger partial charge in [0.15, 0.2) is 11.5 Å². The van der Waals surface area contributed by atoms with Crippen LogP contribution in [0.3, 0.4) is 0 Å². The molecular formula is C41H62N4O6. The van der Waals surface area contributed by atoms with E-state index in [0.717, 1.165) is 54.1 Å². The number of hydrogen-bond acceptors (Lipinski definition) is 9. The predicted octanol–water partition coefficient (Wildman–Crippen LogP) is 5.05. The Labute approximate surface area is 305 Å². The van der Waals surface area contributed by atoms with Gasteiger partial charge in [-0.25, -0.2) is 0 Å². The van der Waals surface area contributed by atoms with Crippen molar-refractivity contribution in [1.29, 1.82) is 0 Å². The first-order valence-electron chi connectivity index (χ1n) is 19.1. The predicted molar refractivity (Wildman–Crippen MR) is 198 cm³/mol. The lowest BCUT2D eigenvalue weighted by molar-refractivity contribution is -0.183. The second kappa shape index (κ2) is 15.7. The quantitative estimate of drug-likeness (QED) is 0.235. The third kappa shape index (κ3) is 8.11. The number of nitrogens with zero attached hydrogens (tertiary/aromatic N) is 3. The van der Waals surface area contributed by atoms with Crippen molar-refractivity contribution in [2.75, 3.05) is 34.0 Å². The van der Waals surface area contributed by atoms with Crippen LogP contribution in [-0.4, -0.2) is 95.4 Å². The van der Waals surface area contributed by atoms with Gasteiger partial charge in [0, 0.05) is 43.2 Å². The van der Waals surface area contributed by atoms with E-state index in [1.165, 1.54) is 6.42 Å². The summed E-state index contributed by atoms with van der Waals surface area (Å²) in [5.41, 5.74) is 3.60. The Hall–Kier alpha value is -2.73. The molecule has 1 amide bonds. The molecule has 3 saturated carbocycles. The lowest BCUT2D eigenvalue weighted by Crippen LogP contribution is -2.62. The molecule has 282 valence electrons. The molecule has 3 aliphatic carbocycles. The number of hydroxylamine groups is 2. The van der Waals surface area contributed by atoms with E-state index in [1.807, 2.05) is 12.1 Å². The smallest absolute Gasteiger partial charge is 0.240 e. The number of para-hydroxylation sites is 1. The van der Waals surface area contributed by atoms with Gasteiger partial charge in [-0.1, -0.05) is 71.0 Å². The van der Waals surface area contributed by atoms with Crippen LogP contribution in [0.1, 0.15) is 77.5 Å². The molecule has 10 heteroatoms. The molecule has 7 rings (SSSR count). The number of carbonyl (C=O) groups is 1. The van der Waals surface area contributed by atoms with Crippen LogP contribution in [-0.2, 0) is 29.3 Å². The summed E-state index contributed by atoms with van der Waals surface area (Å²) in [7, 11) is 4.26. The fraction of sp³-hybridized carbons (Fsp3) is 0.683. The summed E-state index contributed by atoms with van der Waals surface area (Å²) in [4.78, 5) is 25.3. The summed E-state index contributed by atoms with van der Waals surface area (Å²) in [5, 5.41) is 26.3. The molecule has 2 aromatic carbocycles. The van der Waals surface area contributed by atoms with Gasteiger partial charge in [-0.05, 0) is 86.6 Å². The Morgan fingerprint density at radius 1 is 1.06 bits per heavy atom. The van der Waals surface area contributed by atoms with Gasteiger partial charge >= 0.3 is 0 Å². The van der Waals surface area contributed by atoms with Crippen molar-refractivity contribution in [2.24, 2.45) is 35.0 Å². The Bertz CT molecular complexity index is 1490. The molecule has 9 atom stereocenters. The highest BCUT2D eigenvalue weighted by Crippen LogP contribution is 2.61. The average molecular weight is 707 g/mol. The first-order valence-corrected chi connectivity index (χ1v) is 19.1. The molecule has 0 unspecified atom stereocenters. The molecule has 2 heterocycles. The third-order valence-electron chi connectivity index (χ3n) is 12.5. The summed E-state index contributed by atoms with van der Waals surface area (Å²) in [6.07, 6.45) is 1.75. The minimum Gasteiger partial charge on any atom is -0.454 e. The van der Waals surface area contributed by atoms with Crippen LogP contribution >= 0.6 is 0 Å². The molecule has 2 bridgehead atoms. The summed E-state index contributed by atoms with van der Waals surface area (Å²) in [6.45, 7) is 15.9. The largest absolute Gasteiger partial charge is 0.454 e. The number of benzene rings is 2. The van der Waals surface area contributed by atoms with Crippen molar-refractivity contribution in [1.82, 2.24) is 20.2 Å². The van der Waals surface area contributed by atoms with Crippen molar-refractivity contribution in [3.05, 3.63) is 59.2 Å². The Kier molecular flexibility index (Phi) is 11.7. The minimum absolute atomic E-state index is 0.0945. The van der Waals surface area contributed by atoms with Crippen LogP contribution in [0.25, 0.3) is 0 Å². The Morgan fingerprint density at radius 2 is 1.80 bits per heavy atom. The van der Waals surface area contributed by atoms with Crippen LogP contribution in [0.15, 0.2) is 42.5 Å². The highest BCUT2D eigenvalue weighted by Gasteiger charge is 2.57. The summed E-state index contributed by atoms with van der Waals surface area (Å²) in [5.74, 6) is 3.05. The van der Waals surface area contributed by atoms with Gasteiger partial charge in [0.25, 0.3) is 0 Å². The SMILES string of the molecule is CC(C)C[C@@H](CN(C)C)N(Cc1cccc(CN2O[C@@H](CO)[C@@H]([C@H](C)O)[C@H]2C(=O)N[C@H]2C[C@H]3C[C@@H]([C@@H]2C)C3(C)C)c1)Cc1cccc2c1OCO2. The zero-order chi connectivity index (χ0) is 36.6. The van der Waals surface area contributed by atoms with Gasteiger partial charge in [0.1, 0.15) is 12.1 Å². The molecule has 4 fully saturated rings. The molecule has 0 radical (unpaired) electrons. The topological polar surface area (TPSA) is 107 Å². The van der Waals surface area contributed by atoms with E-state index in [2.05, 4.69) is 94.2 Å². The van der Waals surface area contributed by atoms with E-state index in [-0.39, 0.29) is 25.3 Å². The van der Waals surface area contributed by atoms with Crippen molar-refractivity contribution in [3.63, 3.8) is 0 Å². The van der Waals surface area contributed by atoms with Gasteiger partial charge in [-0.15, -0.1) is 0 Å². The molecular weight excluding hydrogens is 644 g/mol. The fourth-order valence-electron chi connectivity index (χ4n) is 9.68. The van der Waals surface area contributed by atoms with Crippen LogP contribution in [0.2, 0.25) is 0 Å². The van der Waals surface area contributed by atoms with E-state index in [9.17, 15) is 15.0 Å². The monoisotopic (exact) mass is 706 g/mol. The maximum atomic E-state index is 14.2. The molecule has 0 aromatic heterocycles. The highest BCUT2D eigenvalue weighted by molar-refractivity contribution is 5.82. The van der Waals surface area contributed by atoms with E-state index < -0.39 is 24.2 Å². The van der Waals surface area contributed by atoms with Crippen molar-refractivity contribution >= 4 is 5.91 Å². The summed E-state index contributed by atoms with van der Waals surface area (Å²) in [6, 6.07) is 14.3. The Morgan fingerprint density at radius 3 is 2.47 bits per heavy atom. The summed E-state index contributed by atoms with van der Waals surface area (Å²) >= 11 is 0. The molecule has 10 nitrogen and oxygen atoms in total. The van der Waals surface area contributed by atoms with E-state index in [0.29, 0.717) is 48.2 Å². The fourth-order valence-corrected chi connectivity index (χ4v) is 9.68. The van der Waals surface area contributed by atoms with Crippen molar-refractivity contribution in [2.45, 2.75) is 111 Å². The number of fused-ring (bicyclic) bond motifs is 3. The number of nitrogens with one attached hydrogen (secondary N) is 1. The average Bonchev–Trinajstić information content (AvgIpc) is 3.70. The number of rotatable bonds is 15. The van der Waals surface area contributed by atoms with Gasteiger partial charge in [-0.2, -0.15) is 5.06 Å². The van der Waals surface area contributed by atoms with Gasteiger partial charge in [0.05, 0.1) is 19.3 Å². The normalized spacial score (nSPS) is 29.4. The van der Waals surface area contributed by atoms with Gasteiger partial charge in [0.2, 0.25) is 12.7 Å². The lowest BCUT2D eigenvalue weighted by atomic mass is 9.45. The second-order valence-corrected chi connectivity index (χ2v) is 17.2. The van der Waals surface area contributed by atoms with Crippen LogP contribution in [0, 0.1) is 35.0 Å². The molecule has 3 N–H and O–H groups in total. The summed E-state index contributed by atoms with van der Waals surface area (Å²) < 4.78 is 11.6. The first kappa shape index (κ1) is 38.0. The van der Waals surface area contributed by atoms with Crippen molar-refractivity contribution < 1.29 is 29.3 Å².